The molecule has 31 heavy (non-hydrogen) atoms. The molecular formula is C24H31FO6. The number of carbonyl (C=O) groups is 2. The Bertz CT molecular complexity index is 925. The molecule has 5 rings (SSSR count). The summed E-state index contributed by atoms with van der Waals surface area (Å²) in [5.74, 6) is -2.46. The van der Waals surface area contributed by atoms with Gasteiger partial charge in [0.1, 0.15) is 6.61 Å². The van der Waals surface area contributed by atoms with E-state index in [0.29, 0.717) is 19.3 Å². The van der Waals surface area contributed by atoms with E-state index >= 15 is 4.39 Å². The van der Waals surface area contributed by atoms with Crippen molar-refractivity contribution in [3.8, 4) is 0 Å². The van der Waals surface area contributed by atoms with E-state index in [-0.39, 0.29) is 18.1 Å². The second-order valence-electron chi connectivity index (χ2n) is 10.9. The largest absolute Gasteiger partial charge is 0.390 e. The molecule has 1 aliphatic heterocycles. The van der Waals surface area contributed by atoms with Gasteiger partial charge in [0, 0.05) is 16.7 Å². The van der Waals surface area contributed by atoms with Gasteiger partial charge >= 0.3 is 0 Å². The Morgan fingerprint density at radius 2 is 1.97 bits per heavy atom. The highest BCUT2D eigenvalue weighted by Gasteiger charge is 2.79. The molecule has 4 unspecified atom stereocenters. The highest BCUT2D eigenvalue weighted by Crippen LogP contribution is 2.72. The number of hydrogen-bond acceptors (Lipinski definition) is 6. The Labute approximate surface area is 181 Å². The molecule has 0 amide bonds. The van der Waals surface area contributed by atoms with Crippen LogP contribution in [0, 0.1) is 22.7 Å². The van der Waals surface area contributed by atoms with Crippen molar-refractivity contribution in [1.82, 2.24) is 0 Å². The number of hydrogen-bond donors (Lipinski definition) is 2. The van der Waals surface area contributed by atoms with Gasteiger partial charge in [-0.3, -0.25) is 9.59 Å². The van der Waals surface area contributed by atoms with Crippen molar-refractivity contribution in [3.05, 3.63) is 23.8 Å². The highest BCUT2D eigenvalue weighted by molar-refractivity contribution is 6.01. The summed E-state index contributed by atoms with van der Waals surface area (Å²) >= 11 is 0. The monoisotopic (exact) mass is 434 g/mol. The van der Waals surface area contributed by atoms with Crippen molar-refractivity contribution in [3.63, 3.8) is 0 Å². The van der Waals surface area contributed by atoms with Gasteiger partial charge in [-0.05, 0) is 64.5 Å². The molecule has 170 valence electrons. The lowest BCUT2D eigenvalue weighted by Gasteiger charge is -2.62. The summed E-state index contributed by atoms with van der Waals surface area (Å²) in [6.45, 7) is 6.41. The first-order valence-corrected chi connectivity index (χ1v) is 11.2. The van der Waals surface area contributed by atoms with E-state index in [0.717, 1.165) is 5.57 Å². The number of ketones is 2. The smallest absolute Gasteiger partial charge is 0.193 e. The average Bonchev–Trinajstić information content (AvgIpc) is 3.09. The number of aliphatic hydroxyl groups is 2. The van der Waals surface area contributed by atoms with Gasteiger partial charge < -0.3 is 19.7 Å². The first-order chi connectivity index (χ1) is 14.4. The van der Waals surface area contributed by atoms with Gasteiger partial charge in [-0.15, -0.1) is 0 Å². The summed E-state index contributed by atoms with van der Waals surface area (Å²) in [6.07, 6.45) is 4.00. The Balaban J connectivity index is 1.64. The van der Waals surface area contributed by atoms with Crippen LogP contribution >= 0.6 is 0 Å². The van der Waals surface area contributed by atoms with E-state index < -0.39 is 58.4 Å². The lowest BCUT2D eigenvalue weighted by atomic mass is 9.44. The lowest BCUT2D eigenvalue weighted by Crippen LogP contribution is -2.70. The first kappa shape index (κ1) is 21.4. The molecule has 4 aliphatic carbocycles. The Morgan fingerprint density at radius 1 is 1.26 bits per heavy atom. The van der Waals surface area contributed by atoms with Gasteiger partial charge in [0.2, 0.25) is 0 Å². The Morgan fingerprint density at radius 3 is 2.65 bits per heavy atom. The number of aliphatic hydroxyl groups excluding tert-OH is 2. The fourth-order valence-corrected chi connectivity index (χ4v) is 7.93. The van der Waals surface area contributed by atoms with Crippen LogP contribution in [-0.2, 0) is 19.1 Å². The number of fused-ring (bicyclic) bond motifs is 7. The number of carbonyl (C=O) groups excluding carboxylic acids is 2. The van der Waals surface area contributed by atoms with Gasteiger partial charge in [0.05, 0.1) is 12.2 Å². The molecule has 1 saturated heterocycles. The summed E-state index contributed by atoms with van der Waals surface area (Å²) in [5.41, 5.74) is -4.66. The molecule has 0 aromatic heterocycles. The van der Waals surface area contributed by atoms with Crippen LogP contribution in [0.5, 0.6) is 0 Å². The molecule has 0 spiro atoms. The second kappa shape index (κ2) is 6.13. The SMILES string of the molecule is CC1(C)O[C@@H]2CC3C4CCC5=CC(=O)C=CC5(C)[C@@]4(F)[C@@H](O)CC3(C)[C@]2(C(=O)CO)O1. The van der Waals surface area contributed by atoms with E-state index in [4.69, 9.17) is 9.47 Å². The molecule has 0 radical (unpaired) electrons. The summed E-state index contributed by atoms with van der Waals surface area (Å²) in [4.78, 5) is 25.1. The van der Waals surface area contributed by atoms with E-state index in [9.17, 15) is 19.8 Å². The van der Waals surface area contributed by atoms with Crippen molar-refractivity contribution >= 4 is 11.6 Å². The van der Waals surface area contributed by atoms with E-state index in [1.165, 1.54) is 12.2 Å². The summed E-state index contributed by atoms with van der Waals surface area (Å²) in [7, 11) is 0. The van der Waals surface area contributed by atoms with Gasteiger partial charge in [0.15, 0.2) is 28.6 Å². The van der Waals surface area contributed by atoms with Gasteiger partial charge in [-0.2, -0.15) is 0 Å². The van der Waals surface area contributed by atoms with Crippen LogP contribution < -0.4 is 0 Å². The quantitative estimate of drug-likeness (QED) is 0.694. The van der Waals surface area contributed by atoms with E-state index in [2.05, 4.69) is 0 Å². The van der Waals surface area contributed by atoms with Crippen LogP contribution in [0.2, 0.25) is 0 Å². The van der Waals surface area contributed by atoms with Gasteiger partial charge in [-0.25, -0.2) is 4.39 Å². The minimum atomic E-state index is -1.98. The lowest BCUT2D eigenvalue weighted by molar-refractivity contribution is -0.246. The Hall–Kier alpha value is -1.41. The molecule has 7 heteroatoms. The second-order valence-corrected chi connectivity index (χ2v) is 10.9. The van der Waals surface area contributed by atoms with Crippen LogP contribution in [0.3, 0.4) is 0 Å². The molecule has 0 aromatic carbocycles. The molecule has 6 nitrogen and oxygen atoms in total. The molecule has 4 fully saturated rings. The Kier molecular flexibility index (Phi) is 4.24. The number of allylic oxidation sites excluding steroid dienone is 4. The third-order valence-electron chi connectivity index (χ3n) is 9.19. The minimum Gasteiger partial charge on any atom is -0.390 e. The molecule has 2 N–H and O–H groups in total. The number of Topliss-reactive ketones (excluding diaryl/α,β-unsaturated/α-hetero) is 1. The van der Waals surface area contributed by atoms with Gasteiger partial charge in [0.25, 0.3) is 0 Å². The van der Waals surface area contributed by atoms with Crippen LogP contribution in [-0.4, -0.2) is 57.7 Å². The predicted octanol–water partition coefficient (Wildman–Crippen LogP) is 2.42. The standard InChI is InChI=1S/C24H31FO6/c1-20(2)30-19-10-16-15-6-5-13-9-14(27)7-8-21(13,3)23(15,25)17(28)11-22(16,4)24(19,31-20)18(29)12-26/h7-9,15-17,19,26,28H,5-6,10-12H2,1-4H3/t15?,16?,17-,19+,21?,22?,23-,24+/m0/s1. The van der Waals surface area contributed by atoms with Gasteiger partial charge in [-0.1, -0.05) is 18.6 Å². The van der Waals surface area contributed by atoms with Crippen LogP contribution in [0.15, 0.2) is 23.8 Å². The molecule has 0 aromatic rings. The fraction of sp³-hybridized carbons (Fsp3) is 0.750. The molecule has 8 atom stereocenters. The normalized spacial score (nSPS) is 52.1. The van der Waals surface area contributed by atoms with E-state index in [1.807, 2.05) is 6.92 Å². The van der Waals surface area contributed by atoms with Crippen LogP contribution in [0.4, 0.5) is 4.39 Å². The maximum Gasteiger partial charge on any atom is 0.193 e. The maximum atomic E-state index is 17.1. The van der Waals surface area contributed by atoms with Crippen molar-refractivity contribution in [1.29, 1.82) is 0 Å². The molecular weight excluding hydrogens is 403 g/mol. The van der Waals surface area contributed by atoms with Crippen molar-refractivity contribution in [2.24, 2.45) is 22.7 Å². The topological polar surface area (TPSA) is 93.1 Å². The fourth-order valence-electron chi connectivity index (χ4n) is 7.93. The van der Waals surface area contributed by atoms with Crippen molar-refractivity contribution < 1.29 is 33.7 Å². The number of halogens is 1. The zero-order valence-corrected chi connectivity index (χ0v) is 18.5. The van der Waals surface area contributed by atoms with Crippen molar-refractivity contribution in [2.45, 2.75) is 82.6 Å². The molecule has 5 aliphatic rings. The predicted molar refractivity (Wildman–Crippen MR) is 109 cm³/mol. The third-order valence-corrected chi connectivity index (χ3v) is 9.19. The van der Waals surface area contributed by atoms with Crippen molar-refractivity contribution in [2.75, 3.05) is 6.61 Å². The summed E-state index contributed by atoms with van der Waals surface area (Å²) < 4.78 is 29.5. The minimum absolute atomic E-state index is 0.0109. The van der Waals surface area contributed by atoms with Crippen LogP contribution in [0.25, 0.3) is 0 Å². The summed E-state index contributed by atoms with van der Waals surface area (Å²) in [6, 6.07) is 0. The zero-order valence-electron chi connectivity index (χ0n) is 18.5. The third kappa shape index (κ3) is 2.31. The van der Waals surface area contributed by atoms with Crippen LogP contribution in [0.1, 0.15) is 53.4 Å². The number of rotatable bonds is 2. The maximum absolute atomic E-state index is 17.1. The first-order valence-electron chi connectivity index (χ1n) is 11.2. The highest BCUT2D eigenvalue weighted by atomic mass is 19.1. The number of ether oxygens (including phenoxy) is 2. The molecule has 0 bridgehead atoms. The average molecular weight is 435 g/mol. The molecule has 3 saturated carbocycles. The molecule has 1 heterocycles. The van der Waals surface area contributed by atoms with E-state index in [1.54, 1.807) is 26.8 Å². The summed E-state index contributed by atoms with van der Waals surface area (Å²) in [5, 5.41) is 21.2. The zero-order chi connectivity index (χ0) is 22.6. The number of alkyl halides is 1.